The summed E-state index contributed by atoms with van der Waals surface area (Å²) < 4.78 is 0. The summed E-state index contributed by atoms with van der Waals surface area (Å²) in [6.07, 6.45) is 0. The summed E-state index contributed by atoms with van der Waals surface area (Å²) in [5.41, 5.74) is 2.59. The molecule has 3 rings (SSSR count). The fourth-order valence-electron chi connectivity index (χ4n) is 1.93. The van der Waals surface area contributed by atoms with Crippen LogP contribution in [0.1, 0.15) is 9.88 Å². The van der Waals surface area contributed by atoms with Gasteiger partial charge in [0.1, 0.15) is 22.1 Å². The van der Waals surface area contributed by atoms with E-state index in [9.17, 15) is 5.11 Å². The first-order valence-corrected chi connectivity index (χ1v) is 7.53. The number of benzene rings is 1. The van der Waals surface area contributed by atoms with E-state index >= 15 is 0 Å². The zero-order valence-corrected chi connectivity index (χ0v) is 12.2. The lowest BCUT2D eigenvalue weighted by molar-refractivity contribution is 0.477. The molecule has 0 radical (unpaired) electrons. The molecule has 1 N–H and O–H groups in total. The van der Waals surface area contributed by atoms with E-state index in [1.165, 1.54) is 16.2 Å². The van der Waals surface area contributed by atoms with E-state index < -0.39 is 0 Å². The molecule has 3 nitrogen and oxygen atoms in total. The van der Waals surface area contributed by atoms with Crippen LogP contribution >= 0.6 is 22.7 Å². The zero-order valence-electron chi connectivity index (χ0n) is 10.5. The number of aryl methyl sites for hydroxylation is 2. The van der Waals surface area contributed by atoms with Gasteiger partial charge in [0, 0.05) is 10.3 Å². The lowest BCUT2D eigenvalue weighted by Crippen LogP contribution is -1.82. The number of phenols is 1. The van der Waals surface area contributed by atoms with Gasteiger partial charge in [0.05, 0.1) is 10.6 Å². The van der Waals surface area contributed by atoms with Gasteiger partial charge in [-0.05, 0) is 26.0 Å². The molecule has 0 atom stereocenters. The van der Waals surface area contributed by atoms with E-state index in [0.29, 0.717) is 0 Å². The number of aromatic nitrogens is 2. The number of aromatic hydroxyl groups is 1. The molecule has 0 aliphatic heterocycles. The molecule has 0 aliphatic carbocycles. The van der Waals surface area contributed by atoms with E-state index in [2.05, 4.69) is 16.9 Å². The Morgan fingerprint density at radius 1 is 1.11 bits per heavy atom. The van der Waals surface area contributed by atoms with Crippen LogP contribution in [0.4, 0.5) is 0 Å². The Bertz CT molecular complexity index is 731. The number of para-hydroxylation sites is 1. The first-order valence-electron chi connectivity index (χ1n) is 5.83. The summed E-state index contributed by atoms with van der Waals surface area (Å²) in [6, 6.07) is 7.25. The van der Waals surface area contributed by atoms with Crippen molar-refractivity contribution in [2.75, 3.05) is 0 Å². The van der Waals surface area contributed by atoms with Crippen LogP contribution in [-0.2, 0) is 0 Å². The number of phenolic OH excluding ortho intramolecular Hbond substituents is 1. The summed E-state index contributed by atoms with van der Waals surface area (Å²) in [7, 11) is 0. The van der Waals surface area contributed by atoms with E-state index in [0.717, 1.165) is 27.0 Å². The van der Waals surface area contributed by atoms with Gasteiger partial charge in [-0.1, -0.05) is 12.1 Å². The summed E-state index contributed by atoms with van der Waals surface area (Å²) in [6.45, 7) is 4.05. The van der Waals surface area contributed by atoms with Gasteiger partial charge >= 0.3 is 0 Å². The Hall–Kier alpha value is -1.72. The molecule has 0 bridgehead atoms. The minimum atomic E-state index is 0.259. The maximum atomic E-state index is 9.86. The van der Waals surface area contributed by atoms with Gasteiger partial charge in [-0.15, -0.1) is 22.7 Å². The quantitative estimate of drug-likeness (QED) is 0.766. The van der Waals surface area contributed by atoms with Crippen molar-refractivity contribution in [3.63, 3.8) is 0 Å². The van der Waals surface area contributed by atoms with E-state index in [1.807, 2.05) is 24.4 Å². The van der Waals surface area contributed by atoms with Crippen molar-refractivity contribution in [2.45, 2.75) is 13.8 Å². The molecule has 0 aliphatic rings. The number of hydrogen-bond donors (Lipinski definition) is 1. The Morgan fingerprint density at radius 3 is 2.58 bits per heavy atom. The Morgan fingerprint density at radius 2 is 1.89 bits per heavy atom. The van der Waals surface area contributed by atoms with Crippen LogP contribution in [0.15, 0.2) is 29.6 Å². The molecule has 0 amide bonds. The fourth-order valence-corrected chi connectivity index (χ4v) is 3.59. The van der Waals surface area contributed by atoms with Gasteiger partial charge in [-0.2, -0.15) is 0 Å². The van der Waals surface area contributed by atoms with Crippen LogP contribution in [0.5, 0.6) is 5.75 Å². The highest BCUT2D eigenvalue weighted by Gasteiger charge is 2.13. The molecule has 2 aromatic heterocycles. The van der Waals surface area contributed by atoms with Crippen LogP contribution in [0.2, 0.25) is 0 Å². The molecule has 0 unspecified atom stereocenters. The van der Waals surface area contributed by atoms with Crippen molar-refractivity contribution in [1.82, 2.24) is 9.97 Å². The maximum absolute atomic E-state index is 9.86. The van der Waals surface area contributed by atoms with Crippen molar-refractivity contribution >= 4 is 22.7 Å². The maximum Gasteiger partial charge on any atom is 0.127 e. The van der Waals surface area contributed by atoms with Gasteiger partial charge in [-0.3, -0.25) is 0 Å². The van der Waals surface area contributed by atoms with Gasteiger partial charge in [0.2, 0.25) is 0 Å². The van der Waals surface area contributed by atoms with Crippen molar-refractivity contribution in [3.8, 4) is 27.7 Å². The average molecular weight is 288 g/mol. The summed E-state index contributed by atoms with van der Waals surface area (Å²) in [5, 5.41) is 13.7. The van der Waals surface area contributed by atoms with Gasteiger partial charge in [0.25, 0.3) is 0 Å². The van der Waals surface area contributed by atoms with Crippen LogP contribution in [0.25, 0.3) is 22.0 Å². The smallest absolute Gasteiger partial charge is 0.127 e. The van der Waals surface area contributed by atoms with Gasteiger partial charge in [-0.25, -0.2) is 9.97 Å². The highest BCUT2D eigenvalue weighted by atomic mass is 32.1. The predicted molar refractivity (Wildman–Crippen MR) is 79.8 cm³/mol. The zero-order chi connectivity index (χ0) is 13.4. The highest BCUT2D eigenvalue weighted by Crippen LogP contribution is 2.35. The lowest BCUT2D eigenvalue weighted by atomic mass is 10.2. The largest absolute Gasteiger partial charge is 0.507 e. The number of rotatable bonds is 2. The van der Waals surface area contributed by atoms with Crippen molar-refractivity contribution < 1.29 is 5.11 Å². The molecular formula is C14H12N2OS2. The SMILES string of the molecule is Cc1nc(-c2csc(-c3ccccc3O)n2)c(C)s1. The molecule has 96 valence electrons. The van der Waals surface area contributed by atoms with E-state index in [4.69, 9.17) is 0 Å². The number of hydrogen-bond acceptors (Lipinski definition) is 5. The third kappa shape index (κ3) is 2.27. The molecule has 0 saturated carbocycles. The molecule has 3 aromatic rings. The Balaban J connectivity index is 2.05. The number of thiazole rings is 2. The van der Waals surface area contributed by atoms with Crippen LogP contribution in [-0.4, -0.2) is 15.1 Å². The molecular weight excluding hydrogens is 276 g/mol. The second kappa shape index (κ2) is 4.75. The van der Waals surface area contributed by atoms with E-state index in [1.54, 1.807) is 23.5 Å². The first-order chi connectivity index (χ1) is 9.15. The highest BCUT2D eigenvalue weighted by molar-refractivity contribution is 7.13. The van der Waals surface area contributed by atoms with Crippen molar-refractivity contribution in [2.24, 2.45) is 0 Å². The standard InChI is InChI=1S/C14H12N2OS2/c1-8-13(15-9(2)19-8)11-7-18-14(16-11)10-5-3-4-6-12(10)17/h3-7,17H,1-2H3. The fraction of sp³-hybridized carbons (Fsp3) is 0.143. The third-order valence-corrected chi connectivity index (χ3v) is 4.55. The van der Waals surface area contributed by atoms with Crippen molar-refractivity contribution in [1.29, 1.82) is 0 Å². The molecule has 1 aromatic carbocycles. The van der Waals surface area contributed by atoms with Crippen LogP contribution in [0.3, 0.4) is 0 Å². The Kier molecular flexibility index (Phi) is 3.08. The molecule has 2 heterocycles. The Labute approximate surface area is 119 Å². The molecule has 0 spiro atoms. The van der Waals surface area contributed by atoms with Crippen molar-refractivity contribution in [3.05, 3.63) is 39.5 Å². The summed E-state index contributed by atoms with van der Waals surface area (Å²) in [4.78, 5) is 10.3. The van der Waals surface area contributed by atoms with Gasteiger partial charge in [0.15, 0.2) is 0 Å². The van der Waals surface area contributed by atoms with E-state index in [-0.39, 0.29) is 5.75 Å². The topological polar surface area (TPSA) is 46.0 Å². The lowest BCUT2D eigenvalue weighted by Gasteiger charge is -1.98. The first kappa shape index (κ1) is 12.3. The molecule has 0 fully saturated rings. The summed E-state index contributed by atoms with van der Waals surface area (Å²) in [5.74, 6) is 0.259. The van der Waals surface area contributed by atoms with Crippen LogP contribution < -0.4 is 0 Å². The number of nitrogens with zero attached hydrogens (tertiary/aromatic N) is 2. The van der Waals surface area contributed by atoms with Gasteiger partial charge < -0.3 is 5.11 Å². The monoisotopic (exact) mass is 288 g/mol. The molecule has 19 heavy (non-hydrogen) atoms. The molecule has 5 heteroatoms. The second-order valence-corrected chi connectivity index (χ2v) is 6.46. The normalized spacial score (nSPS) is 10.8. The van der Waals surface area contributed by atoms with Crippen LogP contribution in [0, 0.1) is 13.8 Å². The third-order valence-electron chi connectivity index (χ3n) is 2.78. The predicted octanol–water partition coefficient (Wildman–Crippen LogP) is 4.26. The average Bonchev–Trinajstić information content (AvgIpc) is 2.96. The molecule has 0 saturated heterocycles. The second-order valence-electron chi connectivity index (χ2n) is 4.19. The summed E-state index contributed by atoms with van der Waals surface area (Å²) >= 11 is 3.20. The minimum absolute atomic E-state index is 0.259. The minimum Gasteiger partial charge on any atom is -0.507 e.